The fourth-order valence-corrected chi connectivity index (χ4v) is 5.62. The number of amides is 2. The highest BCUT2D eigenvalue weighted by Crippen LogP contribution is 2.42. The SMILES string of the molecule is COc1cc2c(cc1C1=CC(C(N)=O)=CNC1)-c1c(c(C(=O)N(C)CC(F)(F)F)nn1-c1cc(Cl)cc(Cl)c1)CC2. The van der Waals surface area contributed by atoms with Gasteiger partial charge in [0.15, 0.2) is 5.69 Å². The van der Waals surface area contributed by atoms with Crippen LogP contribution in [0.2, 0.25) is 10.0 Å². The number of nitrogens with two attached hydrogens (primary N) is 1. The molecule has 0 saturated carbocycles. The number of aromatic nitrogens is 2. The van der Waals surface area contributed by atoms with Gasteiger partial charge < -0.3 is 20.7 Å². The summed E-state index contributed by atoms with van der Waals surface area (Å²) in [5.41, 5.74) is 10.1. The molecular weight excluding hydrogens is 582 g/mol. The lowest BCUT2D eigenvalue weighted by molar-refractivity contribution is -0.138. The van der Waals surface area contributed by atoms with Crippen LogP contribution in [0.1, 0.15) is 27.2 Å². The first kappa shape index (κ1) is 28.6. The number of ether oxygens (including phenoxy) is 1. The zero-order valence-corrected chi connectivity index (χ0v) is 23.4. The van der Waals surface area contributed by atoms with Gasteiger partial charge in [-0.25, -0.2) is 4.68 Å². The molecule has 0 saturated heterocycles. The number of carbonyl (C=O) groups is 2. The number of aryl methyl sites for hydroxylation is 1. The molecule has 0 atom stereocenters. The zero-order chi connectivity index (χ0) is 29.6. The maximum absolute atomic E-state index is 13.3. The van der Waals surface area contributed by atoms with Crippen molar-refractivity contribution in [2.75, 3.05) is 27.2 Å². The monoisotopic (exact) mass is 605 g/mol. The Balaban J connectivity index is 1.74. The van der Waals surface area contributed by atoms with Gasteiger partial charge in [-0.3, -0.25) is 9.59 Å². The van der Waals surface area contributed by atoms with Gasteiger partial charge in [0.05, 0.1) is 24.1 Å². The van der Waals surface area contributed by atoms with Crippen molar-refractivity contribution in [2.45, 2.75) is 19.0 Å². The highest BCUT2D eigenvalue weighted by molar-refractivity contribution is 6.34. The average molecular weight is 606 g/mol. The fourth-order valence-electron chi connectivity index (χ4n) is 5.10. The van der Waals surface area contributed by atoms with E-state index in [0.29, 0.717) is 68.2 Å². The van der Waals surface area contributed by atoms with Crippen molar-refractivity contribution in [3.63, 3.8) is 0 Å². The summed E-state index contributed by atoms with van der Waals surface area (Å²) >= 11 is 12.6. The quantitative estimate of drug-likeness (QED) is 0.414. The van der Waals surface area contributed by atoms with Crippen LogP contribution in [-0.4, -0.2) is 59.9 Å². The minimum atomic E-state index is -4.58. The molecule has 3 aromatic rings. The molecule has 2 amide bonds. The number of nitrogens with zero attached hydrogens (tertiary/aromatic N) is 3. The van der Waals surface area contributed by atoms with E-state index in [1.165, 1.54) is 24.1 Å². The van der Waals surface area contributed by atoms with Crippen LogP contribution in [0.4, 0.5) is 13.2 Å². The Labute approximate surface area is 243 Å². The number of carbonyl (C=O) groups excluding carboxylic acids is 2. The molecule has 2 aromatic carbocycles. The molecule has 13 heteroatoms. The number of hydrogen-bond donors (Lipinski definition) is 2. The van der Waals surface area contributed by atoms with E-state index in [4.69, 9.17) is 33.7 Å². The molecule has 1 aromatic heterocycles. The lowest BCUT2D eigenvalue weighted by Crippen LogP contribution is -2.36. The van der Waals surface area contributed by atoms with Gasteiger partial charge in [0, 0.05) is 46.5 Å². The molecule has 0 spiro atoms. The first-order chi connectivity index (χ1) is 19.4. The van der Waals surface area contributed by atoms with Crippen molar-refractivity contribution in [2.24, 2.45) is 5.73 Å². The van der Waals surface area contributed by atoms with E-state index in [9.17, 15) is 22.8 Å². The summed E-state index contributed by atoms with van der Waals surface area (Å²) in [6.07, 6.45) is -0.553. The predicted octanol–water partition coefficient (Wildman–Crippen LogP) is 4.94. The molecule has 2 heterocycles. The summed E-state index contributed by atoms with van der Waals surface area (Å²) in [6, 6.07) is 8.47. The van der Waals surface area contributed by atoms with Gasteiger partial charge in [0.2, 0.25) is 5.91 Å². The van der Waals surface area contributed by atoms with Gasteiger partial charge in [-0.2, -0.15) is 18.3 Å². The van der Waals surface area contributed by atoms with Crippen LogP contribution < -0.4 is 15.8 Å². The second kappa shape index (κ2) is 10.8. The van der Waals surface area contributed by atoms with Crippen molar-refractivity contribution in [1.82, 2.24) is 20.0 Å². The van der Waals surface area contributed by atoms with Crippen molar-refractivity contribution < 1.29 is 27.5 Å². The number of hydrogen-bond acceptors (Lipinski definition) is 5. The average Bonchev–Trinajstić information content (AvgIpc) is 3.30. The molecule has 0 unspecified atom stereocenters. The number of benzene rings is 2. The van der Waals surface area contributed by atoms with Crippen LogP contribution in [0, 0.1) is 0 Å². The second-order valence-electron chi connectivity index (χ2n) is 9.72. The third-order valence-corrected chi connectivity index (χ3v) is 7.31. The molecule has 5 rings (SSSR count). The number of fused-ring (bicyclic) bond motifs is 3. The summed E-state index contributed by atoms with van der Waals surface area (Å²) in [5.74, 6) is -0.905. The van der Waals surface area contributed by atoms with Crippen LogP contribution >= 0.6 is 23.2 Å². The van der Waals surface area contributed by atoms with Crippen LogP contribution in [0.15, 0.2) is 48.2 Å². The van der Waals surface area contributed by atoms with Crippen molar-refractivity contribution >= 4 is 40.6 Å². The first-order valence-electron chi connectivity index (χ1n) is 12.4. The van der Waals surface area contributed by atoms with Crippen LogP contribution in [-0.2, 0) is 17.6 Å². The van der Waals surface area contributed by atoms with E-state index in [-0.39, 0.29) is 11.3 Å². The molecule has 214 valence electrons. The largest absolute Gasteiger partial charge is 0.496 e. The van der Waals surface area contributed by atoms with Crippen LogP contribution in [0.25, 0.3) is 22.5 Å². The van der Waals surface area contributed by atoms with E-state index in [0.717, 1.165) is 18.2 Å². The predicted molar refractivity (Wildman–Crippen MR) is 149 cm³/mol. The van der Waals surface area contributed by atoms with Gasteiger partial charge in [0.25, 0.3) is 5.91 Å². The van der Waals surface area contributed by atoms with Crippen molar-refractivity contribution in [1.29, 1.82) is 0 Å². The van der Waals surface area contributed by atoms with E-state index in [1.54, 1.807) is 18.2 Å². The van der Waals surface area contributed by atoms with Crippen molar-refractivity contribution in [3.8, 4) is 22.7 Å². The first-order valence-corrected chi connectivity index (χ1v) is 13.2. The number of rotatable bonds is 6. The summed E-state index contributed by atoms with van der Waals surface area (Å²) in [6.45, 7) is -1.04. The number of halogens is 5. The van der Waals surface area contributed by atoms with Gasteiger partial charge >= 0.3 is 6.18 Å². The standard InChI is InChI=1S/C28H24Cl2F3N5O3/c1-37(13-28(31,32)33)27(40)24-20-4-3-14-6-23(41-2)21(15-5-16(26(34)39)12-35-11-15)10-22(14)25(20)38(36-24)19-8-17(29)7-18(30)9-19/h5-10,12,35H,3-4,11,13H2,1-2H3,(H2,34,39). The number of primary amides is 1. The molecule has 8 nitrogen and oxygen atoms in total. The van der Waals surface area contributed by atoms with E-state index >= 15 is 0 Å². The summed E-state index contributed by atoms with van der Waals surface area (Å²) < 4.78 is 46.6. The Morgan fingerprint density at radius 1 is 1.12 bits per heavy atom. The fraction of sp³-hybridized carbons (Fsp3) is 0.250. The highest BCUT2D eigenvalue weighted by atomic mass is 35.5. The molecule has 3 N–H and O–H groups in total. The Morgan fingerprint density at radius 2 is 1.83 bits per heavy atom. The smallest absolute Gasteiger partial charge is 0.406 e. The third-order valence-electron chi connectivity index (χ3n) is 6.88. The molecular formula is C28H24Cl2F3N5O3. The number of alkyl halides is 3. The van der Waals surface area contributed by atoms with E-state index in [2.05, 4.69) is 10.4 Å². The van der Waals surface area contributed by atoms with E-state index < -0.39 is 24.5 Å². The highest BCUT2D eigenvalue weighted by Gasteiger charge is 2.36. The van der Waals surface area contributed by atoms with Crippen LogP contribution in [0.5, 0.6) is 5.75 Å². The zero-order valence-electron chi connectivity index (χ0n) is 21.9. The Kier molecular flexibility index (Phi) is 7.52. The maximum atomic E-state index is 13.3. The lowest BCUT2D eigenvalue weighted by Gasteiger charge is -2.24. The minimum Gasteiger partial charge on any atom is -0.496 e. The number of dihydropyridines is 1. The van der Waals surface area contributed by atoms with Gasteiger partial charge in [-0.05, 0) is 60.4 Å². The number of nitrogens with one attached hydrogen (secondary N) is 1. The van der Waals surface area contributed by atoms with Crippen LogP contribution in [0.3, 0.4) is 0 Å². The summed E-state index contributed by atoms with van der Waals surface area (Å²) in [5, 5.41) is 8.19. The van der Waals surface area contributed by atoms with Gasteiger partial charge in [-0.1, -0.05) is 23.2 Å². The van der Waals surface area contributed by atoms with E-state index in [1.807, 2.05) is 12.1 Å². The topological polar surface area (TPSA) is 102 Å². The van der Waals surface area contributed by atoms with Gasteiger partial charge in [-0.15, -0.1) is 0 Å². The third kappa shape index (κ3) is 5.64. The lowest BCUT2D eigenvalue weighted by atomic mass is 9.85. The number of methoxy groups -OCH3 is 1. The molecule has 2 aliphatic rings. The minimum absolute atomic E-state index is 0.0941. The summed E-state index contributed by atoms with van der Waals surface area (Å²) in [4.78, 5) is 25.8. The maximum Gasteiger partial charge on any atom is 0.406 e. The molecule has 0 radical (unpaired) electrons. The Morgan fingerprint density at radius 3 is 2.46 bits per heavy atom. The summed E-state index contributed by atoms with van der Waals surface area (Å²) in [7, 11) is 2.62. The molecule has 1 aliphatic heterocycles. The molecule has 41 heavy (non-hydrogen) atoms. The normalized spacial score (nSPS) is 14.3. The Bertz CT molecular complexity index is 1630. The second-order valence-corrected chi connectivity index (χ2v) is 10.6. The van der Waals surface area contributed by atoms with Crippen molar-refractivity contribution in [3.05, 3.63) is 80.6 Å². The molecule has 0 bridgehead atoms. The molecule has 0 fully saturated rings. The Hall–Kier alpha value is -3.96. The van der Waals surface area contributed by atoms with Gasteiger partial charge in [0.1, 0.15) is 12.3 Å². The molecule has 1 aliphatic carbocycles.